The molecule has 236 valence electrons. The highest BCUT2D eigenvalue weighted by Gasteiger charge is 2.39. The van der Waals surface area contributed by atoms with Gasteiger partial charge in [0.2, 0.25) is 0 Å². The summed E-state index contributed by atoms with van der Waals surface area (Å²) >= 11 is 32.0. The zero-order chi connectivity index (χ0) is 31.3. The quantitative estimate of drug-likeness (QED) is 0.106. The first-order valence-electron chi connectivity index (χ1n) is 14.0. The topological polar surface area (TPSA) is 64.6 Å². The summed E-state index contributed by atoms with van der Waals surface area (Å²) in [5.74, 6) is 0. The fraction of sp³-hybridized carbons (Fsp3) is 0.786. The third kappa shape index (κ3) is 17.9. The third-order valence-corrected chi connectivity index (χ3v) is 8.22. The van der Waals surface area contributed by atoms with Gasteiger partial charge < -0.3 is 33.2 Å². The highest BCUT2D eigenvalue weighted by Crippen LogP contribution is 2.27. The van der Waals surface area contributed by atoms with Crippen LogP contribution >= 0.6 is 73.3 Å². The van der Waals surface area contributed by atoms with Gasteiger partial charge in [-0.1, -0.05) is 41.5 Å². The van der Waals surface area contributed by atoms with Crippen molar-refractivity contribution in [3.05, 3.63) is 0 Å². The van der Waals surface area contributed by atoms with Gasteiger partial charge in [0.05, 0.1) is 24.0 Å². The molecule has 0 bridgehead atoms. The van der Waals surface area contributed by atoms with Crippen LogP contribution in [0.1, 0.15) is 80.1 Å². The van der Waals surface area contributed by atoms with Crippen molar-refractivity contribution in [2.45, 2.75) is 80.1 Å². The minimum Gasteiger partial charge on any atom is -0.486 e. The molecule has 0 fully saturated rings. The van der Waals surface area contributed by atoms with Crippen LogP contribution in [0.15, 0.2) is 0 Å². The monoisotopic (exact) mass is 686 g/mol. The van der Waals surface area contributed by atoms with Gasteiger partial charge in [0.15, 0.2) is 30.3 Å². The summed E-state index contributed by atoms with van der Waals surface area (Å²) in [5, 5.41) is 2.86. The van der Waals surface area contributed by atoms with Gasteiger partial charge in [0.25, 0.3) is 0 Å². The fourth-order valence-electron chi connectivity index (χ4n) is 3.00. The van der Waals surface area contributed by atoms with Crippen molar-refractivity contribution < 1.29 is 33.2 Å². The van der Waals surface area contributed by atoms with Crippen molar-refractivity contribution in [1.82, 2.24) is 0 Å². The van der Waals surface area contributed by atoms with Crippen LogP contribution in [-0.2, 0) is 33.2 Å². The highest BCUT2D eigenvalue weighted by atomic mass is 32.1. The Morgan fingerprint density at radius 3 is 0.659 bits per heavy atom. The van der Waals surface area contributed by atoms with Crippen LogP contribution in [0.3, 0.4) is 0 Å². The van der Waals surface area contributed by atoms with Crippen molar-refractivity contribution >= 4 is 104 Å². The van der Waals surface area contributed by atoms with E-state index in [0.29, 0.717) is 68.8 Å². The van der Waals surface area contributed by atoms with Crippen LogP contribution in [0, 0.1) is 10.8 Å². The van der Waals surface area contributed by atoms with E-state index in [2.05, 4.69) is 0 Å². The van der Waals surface area contributed by atoms with Gasteiger partial charge in [0.1, 0.15) is 39.6 Å². The van der Waals surface area contributed by atoms with Gasteiger partial charge in [-0.2, -0.15) is 0 Å². The summed E-state index contributed by atoms with van der Waals surface area (Å²) in [6, 6.07) is 0. The lowest BCUT2D eigenvalue weighted by Crippen LogP contribution is -2.47. The molecule has 0 unspecified atom stereocenters. The molecule has 7 nitrogen and oxygen atoms in total. The standard InChI is InChI=1S/C28H46O7S6/c1-7-21(36)30-15-27(16-31-22(37)8-2,17-32-23(38)9-3)13-29-14-28(18-33-24(39)10-4,19-34-25(40)11-5)20-35-26(41)12-6/h7-20H2,1-6H3. The average molecular weight is 687 g/mol. The summed E-state index contributed by atoms with van der Waals surface area (Å²) in [7, 11) is 0. The molecule has 0 aliphatic heterocycles. The van der Waals surface area contributed by atoms with E-state index in [1.807, 2.05) is 41.5 Å². The van der Waals surface area contributed by atoms with Gasteiger partial charge in [-0.15, -0.1) is 0 Å². The summed E-state index contributed by atoms with van der Waals surface area (Å²) in [6.07, 6.45) is 3.56. The van der Waals surface area contributed by atoms with E-state index in [1.165, 1.54) is 0 Å². The van der Waals surface area contributed by atoms with Crippen LogP contribution in [0.2, 0.25) is 0 Å². The molecule has 0 saturated heterocycles. The lowest BCUT2D eigenvalue weighted by Gasteiger charge is -2.36. The van der Waals surface area contributed by atoms with E-state index >= 15 is 0 Å². The maximum absolute atomic E-state index is 6.42. The van der Waals surface area contributed by atoms with Crippen LogP contribution in [0.25, 0.3) is 0 Å². The zero-order valence-corrected chi connectivity index (χ0v) is 30.1. The van der Waals surface area contributed by atoms with E-state index in [1.54, 1.807) is 0 Å². The minimum absolute atomic E-state index is 0.175. The SMILES string of the molecule is CCC(=S)OCC(COCC(COC(=S)CC)(COC(=S)CC)COC(=S)CC)(COC(=S)CC)COC(=S)CC. The molecule has 41 heavy (non-hydrogen) atoms. The van der Waals surface area contributed by atoms with Crippen LogP contribution < -0.4 is 0 Å². The number of rotatable bonds is 22. The number of ether oxygens (including phenoxy) is 7. The predicted molar refractivity (Wildman–Crippen MR) is 189 cm³/mol. The first-order valence-corrected chi connectivity index (χ1v) is 16.4. The molecule has 0 saturated carbocycles. The predicted octanol–water partition coefficient (Wildman–Crippen LogP) is 7.50. The Morgan fingerprint density at radius 1 is 0.341 bits per heavy atom. The first kappa shape index (κ1) is 40.3. The molecule has 0 atom stereocenters. The van der Waals surface area contributed by atoms with Crippen molar-refractivity contribution in [2.24, 2.45) is 10.8 Å². The lowest BCUT2D eigenvalue weighted by molar-refractivity contribution is -0.0933. The second-order valence-corrected chi connectivity index (χ2v) is 12.3. The Kier molecular flexibility index (Phi) is 22.4. The van der Waals surface area contributed by atoms with Gasteiger partial charge in [0, 0.05) is 38.5 Å². The van der Waals surface area contributed by atoms with Crippen molar-refractivity contribution in [3.8, 4) is 0 Å². The normalized spacial score (nSPS) is 11.3. The molecule has 0 aromatic heterocycles. The van der Waals surface area contributed by atoms with Crippen LogP contribution in [-0.4, -0.2) is 83.2 Å². The second kappa shape index (κ2) is 22.8. The molecule has 0 aliphatic carbocycles. The Labute approximate surface area is 279 Å². The van der Waals surface area contributed by atoms with Crippen molar-refractivity contribution in [2.75, 3.05) is 52.9 Å². The Morgan fingerprint density at radius 2 is 0.512 bits per heavy atom. The van der Waals surface area contributed by atoms with Crippen molar-refractivity contribution in [1.29, 1.82) is 0 Å². The molecule has 0 spiro atoms. The van der Waals surface area contributed by atoms with Crippen molar-refractivity contribution in [3.63, 3.8) is 0 Å². The highest BCUT2D eigenvalue weighted by molar-refractivity contribution is 7.81. The largest absolute Gasteiger partial charge is 0.486 e. The Balaban J connectivity index is 6.21. The average Bonchev–Trinajstić information content (AvgIpc) is 3.00. The van der Waals surface area contributed by atoms with Crippen LogP contribution in [0.5, 0.6) is 0 Å². The molecule has 13 heteroatoms. The second-order valence-electron chi connectivity index (χ2n) is 9.58. The maximum atomic E-state index is 6.42. The Bertz CT molecular complexity index is 696. The number of thiocarbonyl (C=S) groups is 6. The number of hydrogen-bond acceptors (Lipinski definition) is 13. The molecule has 0 aromatic carbocycles. The third-order valence-electron chi connectivity index (χ3n) is 5.78. The Hall–Kier alpha value is -0.700. The van der Waals surface area contributed by atoms with E-state index in [9.17, 15) is 0 Å². The summed E-state index contributed by atoms with van der Waals surface area (Å²) in [4.78, 5) is 0. The zero-order valence-electron chi connectivity index (χ0n) is 25.2. The van der Waals surface area contributed by atoms with Crippen LogP contribution in [0.4, 0.5) is 0 Å². The molecule has 0 N–H and O–H groups in total. The van der Waals surface area contributed by atoms with Gasteiger partial charge in [-0.3, -0.25) is 0 Å². The molecule has 0 aromatic rings. The van der Waals surface area contributed by atoms with Gasteiger partial charge >= 0.3 is 0 Å². The number of hydrogen-bond donors (Lipinski definition) is 0. The lowest BCUT2D eigenvalue weighted by atomic mass is 9.90. The van der Waals surface area contributed by atoms with Gasteiger partial charge in [-0.25, -0.2) is 0 Å². The summed E-state index contributed by atoms with van der Waals surface area (Å²) in [6.45, 7) is 13.1. The van der Waals surface area contributed by atoms with Gasteiger partial charge in [-0.05, 0) is 73.3 Å². The molecule has 0 amide bonds. The smallest absolute Gasteiger partial charge is 0.159 e. The fourth-order valence-corrected chi connectivity index (χ4v) is 3.35. The summed E-state index contributed by atoms with van der Waals surface area (Å²) in [5.41, 5.74) is -1.55. The molecular weight excluding hydrogens is 641 g/mol. The maximum Gasteiger partial charge on any atom is 0.159 e. The molecule has 0 rings (SSSR count). The van der Waals surface area contributed by atoms with E-state index in [4.69, 9.17) is 106 Å². The van der Waals surface area contributed by atoms with E-state index in [-0.39, 0.29) is 52.9 Å². The molecule has 0 heterocycles. The minimum atomic E-state index is -0.776. The first-order chi connectivity index (χ1) is 19.4. The summed E-state index contributed by atoms with van der Waals surface area (Å²) < 4.78 is 42.0. The van der Waals surface area contributed by atoms with E-state index < -0.39 is 10.8 Å². The molecule has 0 radical (unpaired) electrons. The molecular formula is C28H46O7S6. The van der Waals surface area contributed by atoms with E-state index in [0.717, 1.165) is 0 Å². The molecule has 0 aliphatic rings.